The first-order valence-corrected chi connectivity index (χ1v) is 6.95. The molecule has 0 fully saturated rings. The van der Waals surface area contributed by atoms with Crippen molar-refractivity contribution in [2.45, 2.75) is 53.0 Å². The predicted octanol–water partition coefficient (Wildman–Crippen LogP) is 4.34. The molecule has 0 spiro atoms. The number of hydrogen-bond acceptors (Lipinski definition) is 1. The zero-order chi connectivity index (χ0) is 12.7. The Morgan fingerprint density at radius 2 is 1.71 bits per heavy atom. The van der Waals surface area contributed by atoms with Gasteiger partial charge in [0.2, 0.25) is 0 Å². The van der Waals surface area contributed by atoms with E-state index in [1.54, 1.807) is 0 Å². The Morgan fingerprint density at radius 3 is 2.24 bits per heavy atom. The van der Waals surface area contributed by atoms with Crippen molar-refractivity contribution in [1.82, 2.24) is 5.32 Å². The molecule has 0 heterocycles. The van der Waals surface area contributed by atoms with Crippen molar-refractivity contribution in [2.75, 3.05) is 6.54 Å². The molecule has 0 aromatic heterocycles. The predicted molar refractivity (Wildman–Crippen MR) is 76.3 cm³/mol. The first-order chi connectivity index (χ1) is 8.13. The van der Waals surface area contributed by atoms with Crippen molar-refractivity contribution < 1.29 is 0 Å². The SMILES string of the molecule is CCCCNC(C)c1ccc(CC(C)C)cc1. The topological polar surface area (TPSA) is 12.0 Å². The van der Waals surface area contributed by atoms with Gasteiger partial charge in [-0.25, -0.2) is 0 Å². The summed E-state index contributed by atoms with van der Waals surface area (Å²) in [5, 5.41) is 3.56. The van der Waals surface area contributed by atoms with E-state index in [2.05, 4.69) is 57.3 Å². The van der Waals surface area contributed by atoms with Crippen LogP contribution in [-0.2, 0) is 6.42 Å². The smallest absolute Gasteiger partial charge is 0.0291 e. The van der Waals surface area contributed by atoms with Crippen LogP contribution in [0.3, 0.4) is 0 Å². The van der Waals surface area contributed by atoms with Gasteiger partial charge in [-0.3, -0.25) is 0 Å². The van der Waals surface area contributed by atoms with Gasteiger partial charge in [0.25, 0.3) is 0 Å². The molecular weight excluding hydrogens is 206 g/mol. The van der Waals surface area contributed by atoms with Gasteiger partial charge in [-0.2, -0.15) is 0 Å². The van der Waals surface area contributed by atoms with Crippen LogP contribution in [0.1, 0.15) is 57.7 Å². The Kier molecular flexibility index (Phi) is 6.28. The second-order valence-electron chi connectivity index (χ2n) is 5.37. The van der Waals surface area contributed by atoms with E-state index >= 15 is 0 Å². The van der Waals surface area contributed by atoms with Crippen LogP contribution in [-0.4, -0.2) is 6.54 Å². The summed E-state index contributed by atoms with van der Waals surface area (Å²) < 4.78 is 0. The zero-order valence-corrected chi connectivity index (χ0v) is 11.8. The minimum atomic E-state index is 0.467. The molecule has 0 aliphatic heterocycles. The lowest BCUT2D eigenvalue weighted by molar-refractivity contribution is 0.554. The highest BCUT2D eigenvalue weighted by molar-refractivity contribution is 5.25. The van der Waals surface area contributed by atoms with E-state index in [0.717, 1.165) is 12.5 Å². The molecule has 0 aliphatic carbocycles. The van der Waals surface area contributed by atoms with E-state index in [0.29, 0.717) is 6.04 Å². The van der Waals surface area contributed by atoms with Crippen molar-refractivity contribution >= 4 is 0 Å². The number of benzene rings is 1. The summed E-state index contributed by atoms with van der Waals surface area (Å²) in [7, 11) is 0. The molecule has 0 radical (unpaired) electrons. The van der Waals surface area contributed by atoms with Gasteiger partial charge >= 0.3 is 0 Å². The summed E-state index contributed by atoms with van der Waals surface area (Å²) in [6.07, 6.45) is 3.70. The minimum Gasteiger partial charge on any atom is -0.310 e. The molecule has 0 bridgehead atoms. The van der Waals surface area contributed by atoms with Crippen LogP contribution >= 0.6 is 0 Å². The fourth-order valence-corrected chi connectivity index (χ4v) is 2.03. The van der Waals surface area contributed by atoms with Crippen LogP contribution in [0.15, 0.2) is 24.3 Å². The number of rotatable bonds is 7. The standard InChI is InChI=1S/C16H27N/c1-5-6-11-17-14(4)16-9-7-15(8-10-16)12-13(2)3/h7-10,13-14,17H,5-6,11-12H2,1-4H3. The molecule has 0 amide bonds. The normalized spacial score (nSPS) is 13.0. The Balaban J connectivity index is 2.48. The number of unbranched alkanes of at least 4 members (excludes halogenated alkanes) is 1. The maximum atomic E-state index is 3.56. The number of hydrogen-bond donors (Lipinski definition) is 1. The van der Waals surface area contributed by atoms with Gasteiger partial charge in [-0.15, -0.1) is 0 Å². The Labute approximate surface area is 107 Å². The van der Waals surface area contributed by atoms with Crippen LogP contribution in [0.4, 0.5) is 0 Å². The summed E-state index contributed by atoms with van der Waals surface area (Å²) in [6.45, 7) is 10.1. The second kappa shape index (κ2) is 7.50. The van der Waals surface area contributed by atoms with Gasteiger partial charge in [-0.1, -0.05) is 51.5 Å². The van der Waals surface area contributed by atoms with Crippen molar-refractivity contribution in [1.29, 1.82) is 0 Å². The highest BCUT2D eigenvalue weighted by Crippen LogP contribution is 2.15. The lowest BCUT2D eigenvalue weighted by Crippen LogP contribution is -2.19. The van der Waals surface area contributed by atoms with E-state index in [9.17, 15) is 0 Å². The summed E-state index contributed by atoms with van der Waals surface area (Å²) in [5.41, 5.74) is 2.85. The summed E-state index contributed by atoms with van der Waals surface area (Å²) in [5.74, 6) is 0.737. The van der Waals surface area contributed by atoms with Crippen molar-refractivity contribution in [3.63, 3.8) is 0 Å². The Hall–Kier alpha value is -0.820. The molecule has 1 unspecified atom stereocenters. The van der Waals surface area contributed by atoms with Gasteiger partial charge in [0.1, 0.15) is 0 Å². The Bertz CT molecular complexity index is 300. The minimum absolute atomic E-state index is 0.467. The van der Waals surface area contributed by atoms with Crippen molar-refractivity contribution in [2.24, 2.45) is 5.92 Å². The van der Waals surface area contributed by atoms with E-state index < -0.39 is 0 Å². The highest BCUT2D eigenvalue weighted by atomic mass is 14.9. The van der Waals surface area contributed by atoms with Gasteiger partial charge in [0, 0.05) is 6.04 Å². The largest absolute Gasteiger partial charge is 0.310 e. The third-order valence-electron chi connectivity index (χ3n) is 3.10. The van der Waals surface area contributed by atoms with E-state index in [1.165, 1.54) is 30.4 Å². The van der Waals surface area contributed by atoms with E-state index in [1.807, 2.05) is 0 Å². The van der Waals surface area contributed by atoms with Crippen LogP contribution in [0.25, 0.3) is 0 Å². The van der Waals surface area contributed by atoms with E-state index in [-0.39, 0.29) is 0 Å². The van der Waals surface area contributed by atoms with Gasteiger partial charge in [0.15, 0.2) is 0 Å². The fourth-order valence-electron chi connectivity index (χ4n) is 2.03. The molecule has 0 saturated heterocycles. The fraction of sp³-hybridized carbons (Fsp3) is 0.625. The number of nitrogens with one attached hydrogen (secondary N) is 1. The molecule has 1 rings (SSSR count). The highest BCUT2D eigenvalue weighted by Gasteiger charge is 2.04. The molecule has 1 atom stereocenters. The van der Waals surface area contributed by atoms with Crippen molar-refractivity contribution in [3.8, 4) is 0 Å². The molecule has 17 heavy (non-hydrogen) atoms. The molecule has 1 aromatic carbocycles. The summed E-state index contributed by atoms with van der Waals surface area (Å²) in [6, 6.07) is 9.54. The third-order valence-corrected chi connectivity index (χ3v) is 3.10. The lowest BCUT2D eigenvalue weighted by Gasteiger charge is -2.14. The van der Waals surface area contributed by atoms with Crippen LogP contribution in [0, 0.1) is 5.92 Å². The molecule has 1 N–H and O–H groups in total. The summed E-state index contributed by atoms with van der Waals surface area (Å²) >= 11 is 0. The maximum Gasteiger partial charge on any atom is 0.0291 e. The van der Waals surface area contributed by atoms with E-state index in [4.69, 9.17) is 0 Å². The van der Waals surface area contributed by atoms with Crippen LogP contribution < -0.4 is 5.32 Å². The molecule has 96 valence electrons. The molecule has 1 aromatic rings. The average Bonchev–Trinajstić information content (AvgIpc) is 2.29. The third kappa shape index (κ3) is 5.36. The molecule has 0 saturated carbocycles. The van der Waals surface area contributed by atoms with Crippen LogP contribution in [0.2, 0.25) is 0 Å². The molecule has 1 nitrogen and oxygen atoms in total. The van der Waals surface area contributed by atoms with Crippen LogP contribution in [0.5, 0.6) is 0 Å². The van der Waals surface area contributed by atoms with Gasteiger partial charge in [0.05, 0.1) is 0 Å². The Morgan fingerprint density at radius 1 is 1.06 bits per heavy atom. The monoisotopic (exact) mass is 233 g/mol. The zero-order valence-electron chi connectivity index (χ0n) is 11.8. The average molecular weight is 233 g/mol. The molecule has 0 aliphatic rings. The quantitative estimate of drug-likeness (QED) is 0.691. The second-order valence-corrected chi connectivity index (χ2v) is 5.37. The molecule has 1 heteroatoms. The lowest BCUT2D eigenvalue weighted by atomic mass is 10.00. The first-order valence-electron chi connectivity index (χ1n) is 6.95. The van der Waals surface area contributed by atoms with Crippen molar-refractivity contribution in [3.05, 3.63) is 35.4 Å². The van der Waals surface area contributed by atoms with Gasteiger partial charge in [-0.05, 0) is 43.4 Å². The van der Waals surface area contributed by atoms with Gasteiger partial charge < -0.3 is 5.32 Å². The maximum absolute atomic E-state index is 3.56. The summed E-state index contributed by atoms with van der Waals surface area (Å²) in [4.78, 5) is 0. The molecular formula is C16H27N. The first kappa shape index (κ1) is 14.2.